The SMILES string of the molecule is C=CCN1COCCOC1. The molecule has 58 valence electrons. The minimum Gasteiger partial charge on any atom is -0.364 e. The van der Waals surface area contributed by atoms with Gasteiger partial charge in [-0.05, 0) is 0 Å². The monoisotopic (exact) mass is 143 g/mol. The van der Waals surface area contributed by atoms with E-state index >= 15 is 0 Å². The molecular formula is C7H13NO2. The van der Waals surface area contributed by atoms with Gasteiger partial charge in [0.1, 0.15) is 13.5 Å². The number of nitrogens with zero attached hydrogens (tertiary/aromatic N) is 1. The Labute approximate surface area is 61.2 Å². The molecule has 0 bridgehead atoms. The largest absolute Gasteiger partial charge is 0.364 e. The molecule has 10 heavy (non-hydrogen) atoms. The fourth-order valence-corrected chi connectivity index (χ4v) is 0.830. The van der Waals surface area contributed by atoms with Gasteiger partial charge in [-0.3, -0.25) is 4.90 Å². The third kappa shape index (κ3) is 2.47. The number of ether oxygens (including phenoxy) is 2. The summed E-state index contributed by atoms with van der Waals surface area (Å²) in [6.07, 6.45) is 1.85. The van der Waals surface area contributed by atoms with E-state index in [0.29, 0.717) is 26.7 Å². The van der Waals surface area contributed by atoms with E-state index in [9.17, 15) is 0 Å². The van der Waals surface area contributed by atoms with Crippen molar-refractivity contribution in [2.45, 2.75) is 0 Å². The Morgan fingerprint density at radius 2 is 1.90 bits per heavy atom. The lowest BCUT2D eigenvalue weighted by atomic mass is 10.6. The van der Waals surface area contributed by atoms with Gasteiger partial charge in [-0.15, -0.1) is 6.58 Å². The Hall–Kier alpha value is -0.380. The van der Waals surface area contributed by atoms with Crippen LogP contribution in [-0.2, 0) is 9.47 Å². The molecule has 1 fully saturated rings. The van der Waals surface area contributed by atoms with Gasteiger partial charge >= 0.3 is 0 Å². The third-order valence-corrected chi connectivity index (χ3v) is 1.31. The molecule has 1 saturated heterocycles. The predicted molar refractivity (Wildman–Crippen MR) is 38.5 cm³/mol. The summed E-state index contributed by atoms with van der Waals surface area (Å²) < 4.78 is 10.4. The van der Waals surface area contributed by atoms with E-state index in [0.717, 1.165) is 6.54 Å². The molecule has 0 aromatic heterocycles. The number of rotatable bonds is 2. The van der Waals surface area contributed by atoms with Gasteiger partial charge in [-0.1, -0.05) is 6.08 Å². The van der Waals surface area contributed by atoms with Crippen LogP contribution in [0.3, 0.4) is 0 Å². The second-order valence-electron chi connectivity index (χ2n) is 2.22. The molecule has 1 aliphatic rings. The maximum Gasteiger partial charge on any atom is 0.101 e. The van der Waals surface area contributed by atoms with Gasteiger partial charge in [0.25, 0.3) is 0 Å². The van der Waals surface area contributed by atoms with Crippen molar-refractivity contribution in [3.63, 3.8) is 0 Å². The summed E-state index contributed by atoms with van der Waals surface area (Å²) in [5, 5.41) is 0. The van der Waals surface area contributed by atoms with Crippen molar-refractivity contribution in [1.82, 2.24) is 4.90 Å². The number of hydrogen-bond acceptors (Lipinski definition) is 3. The summed E-state index contributed by atoms with van der Waals surface area (Å²) in [5.74, 6) is 0. The lowest BCUT2D eigenvalue weighted by Gasteiger charge is -2.15. The molecule has 0 radical (unpaired) electrons. The van der Waals surface area contributed by atoms with Crippen molar-refractivity contribution in [2.24, 2.45) is 0 Å². The first-order valence-electron chi connectivity index (χ1n) is 3.42. The van der Waals surface area contributed by atoms with E-state index in [4.69, 9.17) is 9.47 Å². The van der Waals surface area contributed by atoms with Gasteiger partial charge in [0, 0.05) is 6.54 Å². The molecule has 0 N–H and O–H groups in total. The fraction of sp³-hybridized carbons (Fsp3) is 0.714. The highest BCUT2D eigenvalue weighted by molar-refractivity contribution is 4.70. The van der Waals surface area contributed by atoms with Gasteiger partial charge in [-0.2, -0.15) is 0 Å². The van der Waals surface area contributed by atoms with Crippen molar-refractivity contribution in [3.8, 4) is 0 Å². The molecule has 3 nitrogen and oxygen atoms in total. The first-order chi connectivity index (χ1) is 4.93. The smallest absolute Gasteiger partial charge is 0.101 e. The van der Waals surface area contributed by atoms with E-state index in [2.05, 4.69) is 6.58 Å². The Morgan fingerprint density at radius 3 is 2.40 bits per heavy atom. The molecule has 0 aromatic carbocycles. The van der Waals surface area contributed by atoms with Crippen LogP contribution in [0.5, 0.6) is 0 Å². The quantitative estimate of drug-likeness (QED) is 0.523. The second-order valence-corrected chi connectivity index (χ2v) is 2.22. The predicted octanol–water partition coefficient (Wildman–Crippen LogP) is 0.436. The number of hydrogen-bond donors (Lipinski definition) is 0. The molecular weight excluding hydrogens is 130 g/mol. The first kappa shape index (κ1) is 7.72. The van der Waals surface area contributed by atoms with Crippen LogP contribution < -0.4 is 0 Å². The van der Waals surface area contributed by atoms with Crippen LogP contribution in [0.4, 0.5) is 0 Å². The zero-order valence-corrected chi connectivity index (χ0v) is 6.08. The van der Waals surface area contributed by atoms with Crippen LogP contribution in [-0.4, -0.2) is 38.1 Å². The summed E-state index contributed by atoms with van der Waals surface area (Å²) in [6, 6.07) is 0. The van der Waals surface area contributed by atoms with E-state index in [-0.39, 0.29) is 0 Å². The van der Waals surface area contributed by atoms with Crippen LogP contribution in [0, 0.1) is 0 Å². The topological polar surface area (TPSA) is 21.7 Å². The van der Waals surface area contributed by atoms with Gasteiger partial charge in [0.2, 0.25) is 0 Å². The molecule has 0 amide bonds. The summed E-state index contributed by atoms with van der Waals surface area (Å²) in [7, 11) is 0. The minimum atomic E-state index is 0.659. The molecule has 0 aliphatic carbocycles. The van der Waals surface area contributed by atoms with Gasteiger partial charge in [0.15, 0.2) is 0 Å². The van der Waals surface area contributed by atoms with E-state index in [1.807, 2.05) is 11.0 Å². The molecule has 3 heteroatoms. The molecule has 0 spiro atoms. The maximum atomic E-state index is 5.21. The molecule has 1 heterocycles. The lowest BCUT2D eigenvalue weighted by Crippen LogP contribution is -2.26. The van der Waals surface area contributed by atoms with Crippen molar-refractivity contribution < 1.29 is 9.47 Å². The molecule has 0 atom stereocenters. The van der Waals surface area contributed by atoms with Crippen molar-refractivity contribution in [3.05, 3.63) is 12.7 Å². The van der Waals surface area contributed by atoms with Crippen molar-refractivity contribution in [2.75, 3.05) is 33.2 Å². The van der Waals surface area contributed by atoms with E-state index in [1.165, 1.54) is 0 Å². The fourth-order valence-electron chi connectivity index (χ4n) is 0.830. The molecule has 0 saturated carbocycles. The van der Waals surface area contributed by atoms with Gasteiger partial charge in [0.05, 0.1) is 13.2 Å². The Balaban J connectivity index is 2.21. The standard InChI is InChI=1S/C7H13NO2/c1-2-3-8-6-9-4-5-10-7-8/h2H,1,3-7H2. The van der Waals surface area contributed by atoms with Gasteiger partial charge in [-0.25, -0.2) is 0 Å². The van der Waals surface area contributed by atoms with Gasteiger partial charge < -0.3 is 9.47 Å². The van der Waals surface area contributed by atoms with Crippen molar-refractivity contribution in [1.29, 1.82) is 0 Å². The Bertz CT molecular complexity index is 97.8. The highest BCUT2D eigenvalue weighted by atomic mass is 16.6. The highest BCUT2D eigenvalue weighted by Crippen LogP contribution is 1.95. The second kappa shape index (κ2) is 4.44. The molecule has 0 aromatic rings. The summed E-state index contributed by atoms with van der Waals surface area (Å²) >= 11 is 0. The van der Waals surface area contributed by atoms with E-state index in [1.54, 1.807) is 0 Å². The lowest BCUT2D eigenvalue weighted by molar-refractivity contribution is 0.0357. The highest BCUT2D eigenvalue weighted by Gasteiger charge is 2.05. The average molecular weight is 143 g/mol. The normalized spacial score (nSPS) is 22.0. The molecule has 1 rings (SSSR count). The van der Waals surface area contributed by atoms with Crippen LogP contribution in [0.2, 0.25) is 0 Å². The van der Waals surface area contributed by atoms with Crippen LogP contribution in [0.25, 0.3) is 0 Å². The molecule has 1 aliphatic heterocycles. The summed E-state index contributed by atoms with van der Waals surface area (Å²) in [5.41, 5.74) is 0. The third-order valence-electron chi connectivity index (χ3n) is 1.31. The zero-order chi connectivity index (χ0) is 7.23. The Morgan fingerprint density at radius 1 is 1.30 bits per heavy atom. The van der Waals surface area contributed by atoms with Crippen LogP contribution in [0.1, 0.15) is 0 Å². The average Bonchev–Trinajstić information content (AvgIpc) is 2.17. The Kier molecular flexibility index (Phi) is 3.43. The zero-order valence-electron chi connectivity index (χ0n) is 6.08. The van der Waals surface area contributed by atoms with Crippen molar-refractivity contribution >= 4 is 0 Å². The minimum absolute atomic E-state index is 0.659. The maximum absolute atomic E-state index is 5.21. The van der Waals surface area contributed by atoms with Crippen LogP contribution in [0.15, 0.2) is 12.7 Å². The van der Waals surface area contributed by atoms with E-state index < -0.39 is 0 Å². The van der Waals surface area contributed by atoms with Crippen LogP contribution >= 0.6 is 0 Å². The summed E-state index contributed by atoms with van der Waals surface area (Å²) in [4.78, 5) is 2.04. The summed E-state index contributed by atoms with van der Waals surface area (Å²) in [6.45, 7) is 7.19. The molecule has 0 unspecified atom stereocenters. The first-order valence-corrected chi connectivity index (χ1v) is 3.42.